The standard InChI is InChI=1S/C26H20BrN3O6S/c1-29-24(31)23(37-26(29)28-19-9-7-18(8-10-19)25(32)35-2)14-16-6-11-22(21(27)13-16)36-15-17-4-3-5-20(12-17)30(33)34/h3-14H,15H2,1-2H3. The van der Waals surface area contributed by atoms with Crippen molar-refractivity contribution in [2.45, 2.75) is 6.61 Å². The number of nitrogens with zero attached hydrogens (tertiary/aromatic N) is 3. The summed E-state index contributed by atoms with van der Waals surface area (Å²) in [4.78, 5) is 41.4. The summed E-state index contributed by atoms with van der Waals surface area (Å²) in [5.74, 6) is -0.0514. The Labute approximate surface area is 225 Å². The summed E-state index contributed by atoms with van der Waals surface area (Å²) in [5, 5.41) is 11.5. The van der Waals surface area contributed by atoms with Gasteiger partial charge in [0.2, 0.25) is 0 Å². The second-order valence-electron chi connectivity index (χ2n) is 7.81. The molecule has 9 nitrogen and oxygen atoms in total. The molecule has 3 aromatic carbocycles. The number of likely N-dealkylation sites (N-methyl/N-ethyl adjacent to an activating group) is 1. The van der Waals surface area contributed by atoms with Gasteiger partial charge in [-0.3, -0.25) is 19.8 Å². The molecule has 0 aliphatic carbocycles. The second kappa shape index (κ2) is 11.4. The van der Waals surface area contributed by atoms with Gasteiger partial charge in [-0.15, -0.1) is 0 Å². The Balaban J connectivity index is 1.46. The Morgan fingerprint density at radius 2 is 1.92 bits per heavy atom. The highest BCUT2D eigenvalue weighted by Crippen LogP contribution is 2.35. The number of hydrogen-bond donors (Lipinski definition) is 0. The monoisotopic (exact) mass is 581 g/mol. The van der Waals surface area contributed by atoms with Crippen LogP contribution < -0.4 is 4.74 Å². The molecule has 1 fully saturated rings. The van der Waals surface area contributed by atoms with Crippen molar-refractivity contribution < 1.29 is 24.0 Å². The fourth-order valence-electron chi connectivity index (χ4n) is 3.35. The number of amides is 1. The van der Waals surface area contributed by atoms with Gasteiger partial charge in [0.05, 0.1) is 32.7 Å². The van der Waals surface area contributed by atoms with Crippen molar-refractivity contribution in [3.8, 4) is 5.75 Å². The topological polar surface area (TPSA) is 111 Å². The average Bonchev–Trinajstić information content (AvgIpc) is 3.15. The number of methoxy groups -OCH3 is 1. The van der Waals surface area contributed by atoms with Gasteiger partial charge in [0.15, 0.2) is 5.17 Å². The molecule has 11 heteroatoms. The lowest BCUT2D eigenvalue weighted by Crippen LogP contribution is -2.23. The maximum atomic E-state index is 12.8. The molecular weight excluding hydrogens is 562 g/mol. The van der Waals surface area contributed by atoms with Crippen LogP contribution in [0.5, 0.6) is 5.75 Å². The number of amidine groups is 1. The summed E-state index contributed by atoms with van der Waals surface area (Å²) in [6, 6.07) is 18.3. The zero-order valence-corrected chi connectivity index (χ0v) is 22.1. The predicted molar refractivity (Wildman–Crippen MR) is 145 cm³/mol. The molecule has 188 valence electrons. The minimum atomic E-state index is -0.446. The zero-order chi connectivity index (χ0) is 26.5. The molecule has 0 radical (unpaired) electrons. The predicted octanol–water partition coefficient (Wildman–Crippen LogP) is 5.96. The van der Waals surface area contributed by atoms with Crippen LogP contribution >= 0.6 is 27.7 Å². The van der Waals surface area contributed by atoms with Crippen molar-refractivity contribution in [3.05, 3.63) is 103 Å². The van der Waals surface area contributed by atoms with Crippen LogP contribution in [0.2, 0.25) is 0 Å². The molecule has 0 aromatic heterocycles. The van der Waals surface area contributed by atoms with Gasteiger partial charge in [0.1, 0.15) is 12.4 Å². The number of nitro benzene ring substituents is 1. The molecule has 0 unspecified atom stereocenters. The zero-order valence-electron chi connectivity index (χ0n) is 19.7. The SMILES string of the molecule is COC(=O)c1ccc(N=C2SC(=Cc3ccc(OCc4cccc([N+](=O)[O-])c4)c(Br)c3)C(=O)N2C)cc1. The summed E-state index contributed by atoms with van der Waals surface area (Å²) >= 11 is 4.74. The number of hydrogen-bond acceptors (Lipinski definition) is 8. The first-order valence-corrected chi connectivity index (χ1v) is 12.5. The highest BCUT2D eigenvalue weighted by Gasteiger charge is 2.30. The van der Waals surface area contributed by atoms with Crippen LogP contribution in [0.3, 0.4) is 0 Å². The lowest BCUT2D eigenvalue weighted by molar-refractivity contribution is -0.384. The van der Waals surface area contributed by atoms with Crippen LogP contribution in [0.1, 0.15) is 21.5 Å². The largest absolute Gasteiger partial charge is 0.488 e. The molecule has 0 bridgehead atoms. The number of carbonyl (C=O) groups is 2. The van der Waals surface area contributed by atoms with Crippen LogP contribution in [0.15, 0.2) is 81.1 Å². The van der Waals surface area contributed by atoms with E-state index in [0.29, 0.717) is 37.1 Å². The first-order valence-electron chi connectivity index (χ1n) is 10.9. The van der Waals surface area contributed by atoms with Gasteiger partial charge in [-0.1, -0.05) is 18.2 Å². The van der Waals surface area contributed by atoms with Gasteiger partial charge in [-0.05, 0) is 81.3 Å². The molecule has 37 heavy (non-hydrogen) atoms. The van der Waals surface area contributed by atoms with Gasteiger partial charge in [0, 0.05) is 19.2 Å². The Kier molecular flexibility index (Phi) is 8.04. The van der Waals surface area contributed by atoms with Crippen molar-refractivity contribution in [2.75, 3.05) is 14.2 Å². The Morgan fingerprint density at radius 3 is 2.59 bits per heavy atom. The van der Waals surface area contributed by atoms with Gasteiger partial charge in [-0.25, -0.2) is 9.79 Å². The molecule has 0 atom stereocenters. The van der Waals surface area contributed by atoms with Gasteiger partial charge in [-0.2, -0.15) is 0 Å². The van der Waals surface area contributed by atoms with Crippen molar-refractivity contribution in [1.29, 1.82) is 0 Å². The molecular formula is C26H20BrN3O6S. The number of benzene rings is 3. The van der Waals surface area contributed by atoms with E-state index in [2.05, 4.69) is 20.9 Å². The lowest BCUT2D eigenvalue weighted by atomic mass is 10.2. The summed E-state index contributed by atoms with van der Waals surface area (Å²) in [6.45, 7) is 0.167. The molecule has 1 amide bonds. The van der Waals surface area contributed by atoms with E-state index in [4.69, 9.17) is 9.47 Å². The number of esters is 1. The van der Waals surface area contributed by atoms with Gasteiger partial charge < -0.3 is 9.47 Å². The number of ether oxygens (including phenoxy) is 2. The van der Waals surface area contributed by atoms with Gasteiger partial charge in [0.25, 0.3) is 11.6 Å². The first-order chi connectivity index (χ1) is 17.7. The third-order valence-electron chi connectivity index (χ3n) is 5.29. The van der Waals surface area contributed by atoms with Crippen LogP contribution in [0.4, 0.5) is 11.4 Å². The maximum Gasteiger partial charge on any atom is 0.337 e. The highest BCUT2D eigenvalue weighted by atomic mass is 79.9. The summed E-state index contributed by atoms with van der Waals surface area (Å²) < 4.78 is 11.2. The normalized spacial score (nSPS) is 15.3. The van der Waals surface area contributed by atoms with Crippen molar-refractivity contribution in [3.63, 3.8) is 0 Å². The van der Waals surface area contributed by atoms with E-state index in [9.17, 15) is 19.7 Å². The number of nitro groups is 1. The smallest absolute Gasteiger partial charge is 0.337 e. The minimum absolute atomic E-state index is 0.00644. The third-order valence-corrected chi connectivity index (χ3v) is 6.97. The fourth-order valence-corrected chi connectivity index (χ4v) is 4.85. The Hall–Kier alpha value is -3.96. The summed E-state index contributed by atoms with van der Waals surface area (Å²) in [7, 11) is 2.97. The Morgan fingerprint density at radius 1 is 1.16 bits per heavy atom. The average molecular weight is 582 g/mol. The van der Waals surface area contributed by atoms with E-state index in [0.717, 1.165) is 5.56 Å². The molecule has 0 spiro atoms. The third kappa shape index (κ3) is 6.25. The molecule has 1 aliphatic rings. The molecule has 4 rings (SSSR count). The number of non-ortho nitro benzene ring substituents is 1. The van der Waals surface area contributed by atoms with Gasteiger partial charge >= 0.3 is 5.97 Å². The molecule has 1 saturated heterocycles. The van der Waals surface area contributed by atoms with Crippen LogP contribution in [-0.2, 0) is 16.1 Å². The number of rotatable bonds is 7. The van der Waals surface area contributed by atoms with E-state index in [1.165, 1.54) is 35.9 Å². The van der Waals surface area contributed by atoms with Crippen LogP contribution in [0.25, 0.3) is 6.08 Å². The molecule has 0 N–H and O–H groups in total. The minimum Gasteiger partial charge on any atom is -0.488 e. The fraction of sp³-hybridized carbons (Fsp3) is 0.115. The molecule has 3 aromatic rings. The first kappa shape index (κ1) is 26.1. The second-order valence-corrected chi connectivity index (χ2v) is 9.68. The quantitative estimate of drug-likeness (QED) is 0.146. The van der Waals surface area contributed by atoms with Crippen molar-refractivity contribution >= 4 is 62.2 Å². The Bertz CT molecular complexity index is 1440. The summed E-state index contributed by atoms with van der Waals surface area (Å²) in [6.07, 6.45) is 1.77. The highest BCUT2D eigenvalue weighted by molar-refractivity contribution is 9.10. The van der Waals surface area contributed by atoms with E-state index < -0.39 is 10.9 Å². The maximum absolute atomic E-state index is 12.8. The van der Waals surface area contributed by atoms with Crippen molar-refractivity contribution in [2.24, 2.45) is 4.99 Å². The molecule has 1 aliphatic heterocycles. The summed E-state index contributed by atoms with van der Waals surface area (Å²) in [5.41, 5.74) is 2.48. The number of thioether (sulfide) groups is 1. The van der Waals surface area contributed by atoms with Crippen LogP contribution in [0, 0.1) is 10.1 Å². The number of aliphatic imine (C=N–C) groups is 1. The van der Waals surface area contributed by atoms with E-state index in [1.807, 2.05) is 12.1 Å². The number of carbonyl (C=O) groups excluding carboxylic acids is 2. The van der Waals surface area contributed by atoms with Crippen molar-refractivity contribution in [1.82, 2.24) is 4.90 Å². The molecule has 0 saturated carbocycles. The van der Waals surface area contributed by atoms with Crippen LogP contribution in [-0.4, -0.2) is 41.0 Å². The van der Waals surface area contributed by atoms with E-state index in [-0.39, 0.29) is 18.2 Å². The molecule has 1 heterocycles. The van der Waals surface area contributed by atoms with E-state index >= 15 is 0 Å². The van der Waals surface area contributed by atoms with E-state index in [1.54, 1.807) is 55.6 Å². The number of halogens is 1. The lowest BCUT2D eigenvalue weighted by Gasteiger charge is -2.09.